The zero-order chi connectivity index (χ0) is 17.9. The Morgan fingerprint density at radius 3 is 2.12 bits per heavy atom. The predicted octanol–water partition coefficient (Wildman–Crippen LogP) is 3.96. The highest BCUT2D eigenvalue weighted by Gasteiger charge is 2.29. The molecule has 0 fully saturated rings. The van der Waals surface area contributed by atoms with Crippen LogP contribution in [-0.2, 0) is 6.18 Å². The molecule has 0 amide bonds. The molecule has 0 spiro atoms. The van der Waals surface area contributed by atoms with Gasteiger partial charge in [0, 0.05) is 5.69 Å². The van der Waals surface area contributed by atoms with E-state index in [2.05, 4.69) is 25.6 Å². The van der Waals surface area contributed by atoms with Crippen LogP contribution in [0.2, 0.25) is 0 Å². The molecule has 0 bridgehead atoms. The smallest absolute Gasteiger partial charge is 0.397 e. The Morgan fingerprint density at radius 2 is 1.48 bits per heavy atom. The lowest BCUT2D eigenvalue weighted by atomic mass is 10.2. The number of nitrogens with one attached hydrogen (secondary N) is 2. The molecule has 1 aromatic heterocycles. The van der Waals surface area contributed by atoms with Crippen molar-refractivity contribution in [2.75, 3.05) is 16.4 Å². The summed E-state index contributed by atoms with van der Waals surface area (Å²) in [6.07, 6.45) is -3.10. The fourth-order valence-electron chi connectivity index (χ4n) is 2.02. The van der Waals surface area contributed by atoms with E-state index in [4.69, 9.17) is 5.73 Å². The van der Waals surface area contributed by atoms with Gasteiger partial charge in [0.05, 0.1) is 16.9 Å². The number of benzene rings is 2. The number of aromatic nitrogens is 3. The first-order valence-electron chi connectivity index (χ1n) is 7.17. The van der Waals surface area contributed by atoms with Gasteiger partial charge in [0.25, 0.3) is 0 Å². The molecular formula is C16H13F3N6. The van der Waals surface area contributed by atoms with Gasteiger partial charge >= 0.3 is 6.18 Å². The maximum Gasteiger partial charge on any atom is 0.416 e. The average molecular weight is 346 g/mol. The van der Waals surface area contributed by atoms with Gasteiger partial charge in [0.2, 0.25) is 11.9 Å². The van der Waals surface area contributed by atoms with Gasteiger partial charge in [0.15, 0.2) is 0 Å². The van der Waals surface area contributed by atoms with Gasteiger partial charge in [-0.25, -0.2) is 9.97 Å². The predicted molar refractivity (Wildman–Crippen MR) is 88.7 cm³/mol. The summed E-state index contributed by atoms with van der Waals surface area (Å²) in [5.41, 5.74) is 6.69. The molecule has 0 aliphatic heterocycles. The fourth-order valence-corrected chi connectivity index (χ4v) is 2.02. The van der Waals surface area contributed by atoms with Crippen molar-refractivity contribution < 1.29 is 13.2 Å². The van der Waals surface area contributed by atoms with E-state index < -0.39 is 11.7 Å². The summed E-state index contributed by atoms with van der Waals surface area (Å²) in [5, 5.41) is 5.77. The molecule has 4 N–H and O–H groups in total. The Morgan fingerprint density at radius 1 is 0.840 bits per heavy atom. The summed E-state index contributed by atoms with van der Waals surface area (Å²) < 4.78 is 37.7. The van der Waals surface area contributed by atoms with Crippen LogP contribution in [0.5, 0.6) is 0 Å². The molecule has 2 aromatic carbocycles. The number of halogens is 3. The summed E-state index contributed by atoms with van der Waals surface area (Å²) >= 11 is 0. The van der Waals surface area contributed by atoms with Crippen LogP contribution in [0.1, 0.15) is 5.56 Å². The summed E-state index contributed by atoms with van der Waals surface area (Å²) in [7, 11) is 0. The number of hydrogen-bond acceptors (Lipinski definition) is 6. The Bertz CT molecular complexity index is 864. The van der Waals surface area contributed by atoms with Crippen molar-refractivity contribution in [3.63, 3.8) is 0 Å². The van der Waals surface area contributed by atoms with Crippen molar-refractivity contribution >= 4 is 29.0 Å². The van der Waals surface area contributed by atoms with Crippen molar-refractivity contribution in [2.24, 2.45) is 0 Å². The van der Waals surface area contributed by atoms with E-state index in [9.17, 15) is 13.2 Å². The number of nitrogens with zero attached hydrogens (tertiary/aromatic N) is 3. The number of nitrogen functional groups attached to an aromatic ring is 1. The topological polar surface area (TPSA) is 88.8 Å². The summed E-state index contributed by atoms with van der Waals surface area (Å²) in [5.74, 6) is 0.439. The fraction of sp³-hybridized carbons (Fsp3) is 0.0625. The third-order valence-electron chi connectivity index (χ3n) is 3.25. The highest BCUT2D eigenvalue weighted by Crippen LogP contribution is 2.30. The molecule has 0 aliphatic rings. The standard InChI is InChI=1S/C16H13F3N6/c17-16(18,19)10-5-7-11(8-6-10)23-14-21-9-22-15(25-14)24-13-4-2-1-3-12(13)20/h1-9H,20H2,(H2,21,22,23,24,25). The molecule has 128 valence electrons. The van der Waals surface area contributed by atoms with Crippen LogP contribution >= 0.6 is 0 Å². The molecule has 3 aromatic rings. The number of rotatable bonds is 4. The van der Waals surface area contributed by atoms with E-state index in [0.29, 0.717) is 17.1 Å². The molecular weight excluding hydrogens is 333 g/mol. The third-order valence-corrected chi connectivity index (χ3v) is 3.25. The van der Waals surface area contributed by atoms with E-state index >= 15 is 0 Å². The number of para-hydroxylation sites is 2. The minimum Gasteiger partial charge on any atom is -0.397 e. The maximum atomic E-state index is 12.6. The second-order valence-electron chi connectivity index (χ2n) is 5.05. The summed E-state index contributed by atoms with van der Waals surface area (Å²) in [6.45, 7) is 0. The minimum atomic E-state index is -4.38. The highest BCUT2D eigenvalue weighted by molar-refractivity contribution is 5.70. The molecule has 0 atom stereocenters. The molecule has 9 heteroatoms. The second kappa shape index (κ2) is 6.63. The number of anilines is 5. The van der Waals surface area contributed by atoms with E-state index in [-0.39, 0.29) is 11.9 Å². The van der Waals surface area contributed by atoms with Gasteiger partial charge in [-0.3, -0.25) is 0 Å². The maximum absolute atomic E-state index is 12.6. The molecule has 1 heterocycles. The monoisotopic (exact) mass is 346 g/mol. The normalized spacial score (nSPS) is 11.2. The highest BCUT2D eigenvalue weighted by atomic mass is 19.4. The summed E-state index contributed by atoms with van der Waals surface area (Å²) in [6, 6.07) is 11.7. The van der Waals surface area contributed by atoms with Crippen molar-refractivity contribution in [2.45, 2.75) is 6.18 Å². The Balaban J connectivity index is 1.75. The van der Waals surface area contributed by atoms with Crippen molar-refractivity contribution in [1.29, 1.82) is 0 Å². The van der Waals surface area contributed by atoms with Gasteiger partial charge in [-0.05, 0) is 36.4 Å². The summed E-state index contributed by atoms with van der Waals surface area (Å²) in [4.78, 5) is 12.1. The first kappa shape index (κ1) is 16.5. The average Bonchev–Trinajstić information content (AvgIpc) is 2.57. The van der Waals surface area contributed by atoms with Gasteiger partial charge in [-0.15, -0.1) is 0 Å². The quantitative estimate of drug-likeness (QED) is 0.620. The van der Waals surface area contributed by atoms with Crippen LogP contribution < -0.4 is 16.4 Å². The SMILES string of the molecule is Nc1ccccc1Nc1ncnc(Nc2ccc(C(F)(F)F)cc2)n1. The first-order valence-corrected chi connectivity index (χ1v) is 7.17. The van der Waals surface area contributed by atoms with Crippen LogP contribution in [0, 0.1) is 0 Å². The van der Waals surface area contributed by atoms with Crippen LogP contribution in [0.15, 0.2) is 54.9 Å². The first-order chi connectivity index (χ1) is 11.9. The van der Waals surface area contributed by atoms with Crippen LogP contribution in [0.3, 0.4) is 0 Å². The molecule has 0 saturated carbocycles. The Labute approximate surface area is 141 Å². The van der Waals surface area contributed by atoms with Gasteiger partial charge < -0.3 is 16.4 Å². The van der Waals surface area contributed by atoms with E-state index in [0.717, 1.165) is 12.1 Å². The van der Waals surface area contributed by atoms with Crippen LogP contribution in [-0.4, -0.2) is 15.0 Å². The van der Waals surface area contributed by atoms with Crippen LogP contribution in [0.25, 0.3) is 0 Å². The van der Waals surface area contributed by atoms with Crippen molar-refractivity contribution in [3.8, 4) is 0 Å². The molecule has 0 saturated heterocycles. The number of nitrogens with two attached hydrogens (primary N) is 1. The van der Waals surface area contributed by atoms with E-state index in [1.165, 1.54) is 18.5 Å². The molecule has 0 unspecified atom stereocenters. The lowest BCUT2D eigenvalue weighted by Gasteiger charge is -2.10. The zero-order valence-corrected chi connectivity index (χ0v) is 12.7. The Hall–Kier alpha value is -3.36. The van der Waals surface area contributed by atoms with E-state index in [1.807, 2.05) is 0 Å². The van der Waals surface area contributed by atoms with Crippen molar-refractivity contribution in [1.82, 2.24) is 15.0 Å². The van der Waals surface area contributed by atoms with Crippen LogP contribution in [0.4, 0.5) is 42.1 Å². The zero-order valence-electron chi connectivity index (χ0n) is 12.7. The second-order valence-corrected chi connectivity index (χ2v) is 5.05. The number of alkyl halides is 3. The lowest BCUT2D eigenvalue weighted by Crippen LogP contribution is -2.06. The van der Waals surface area contributed by atoms with Gasteiger partial charge in [-0.2, -0.15) is 18.2 Å². The van der Waals surface area contributed by atoms with Gasteiger partial charge in [0.1, 0.15) is 6.33 Å². The molecule has 6 nitrogen and oxygen atoms in total. The number of hydrogen-bond donors (Lipinski definition) is 3. The van der Waals surface area contributed by atoms with E-state index in [1.54, 1.807) is 24.3 Å². The molecule has 25 heavy (non-hydrogen) atoms. The third kappa shape index (κ3) is 4.14. The molecule has 3 rings (SSSR count). The lowest BCUT2D eigenvalue weighted by molar-refractivity contribution is -0.137. The Kier molecular flexibility index (Phi) is 4.38. The van der Waals surface area contributed by atoms with Crippen molar-refractivity contribution in [3.05, 3.63) is 60.4 Å². The molecule has 0 radical (unpaired) electrons. The minimum absolute atomic E-state index is 0.187. The largest absolute Gasteiger partial charge is 0.416 e. The van der Waals surface area contributed by atoms with Gasteiger partial charge in [-0.1, -0.05) is 12.1 Å². The molecule has 0 aliphatic carbocycles.